The summed E-state index contributed by atoms with van der Waals surface area (Å²) in [6.07, 6.45) is 6.60. The Kier molecular flexibility index (Phi) is 5.76. The second-order valence-electron chi connectivity index (χ2n) is 8.70. The molecule has 3 amide bonds. The molecule has 3 aliphatic rings. The number of halogens is 1. The summed E-state index contributed by atoms with van der Waals surface area (Å²) in [7, 11) is 0. The van der Waals surface area contributed by atoms with Crippen molar-refractivity contribution in [1.82, 2.24) is 9.80 Å². The Labute approximate surface area is 176 Å². The van der Waals surface area contributed by atoms with Gasteiger partial charge < -0.3 is 4.90 Å². The third kappa shape index (κ3) is 3.46. The fourth-order valence-electron chi connectivity index (χ4n) is 5.50. The predicted molar refractivity (Wildman–Crippen MR) is 110 cm³/mol. The Hall–Kier alpha value is -2.50. The van der Waals surface area contributed by atoms with Crippen LogP contribution in [0.2, 0.25) is 0 Å². The van der Waals surface area contributed by atoms with Gasteiger partial charge in [0.05, 0.1) is 24.3 Å². The molecule has 1 aromatic rings. The van der Waals surface area contributed by atoms with Crippen molar-refractivity contribution < 1.29 is 18.8 Å². The molecule has 1 saturated carbocycles. The smallest absolute Gasteiger partial charge is 0.234 e. The minimum absolute atomic E-state index is 0.0108. The number of hydrogen-bond acceptors (Lipinski definition) is 3. The van der Waals surface area contributed by atoms with E-state index in [1.165, 1.54) is 17.0 Å². The number of carbonyl (C=O) groups is 3. The average molecular weight is 413 g/mol. The van der Waals surface area contributed by atoms with E-state index in [0.717, 1.165) is 19.3 Å². The molecule has 2 fully saturated rings. The van der Waals surface area contributed by atoms with Gasteiger partial charge in [-0.05, 0) is 48.8 Å². The van der Waals surface area contributed by atoms with Crippen molar-refractivity contribution in [3.05, 3.63) is 47.8 Å². The number of carbonyl (C=O) groups excluding carboxylic acids is 3. The fourth-order valence-corrected chi connectivity index (χ4v) is 5.50. The van der Waals surface area contributed by atoms with Gasteiger partial charge in [0.1, 0.15) is 5.82 Å². The molecule has 0 radical (unpaired) electrons. The number of allylic oxidation sites excluding steroid dienone is 2. The molecule has 1 heterocycles. The lowest BCUT2D eigenvalue weighted by Gasteiger charge is -2.30. The van der Waals surface area contributed by atoms with Gasteiger partial charge in [-0.3, -0.25) is 19.3 Å². The summed E-state index contributed by atoms with van der Waals surface area (Å²) in [6.45, 7) is 5.28. The van der Waals surface area contributed by atoms with Gasteiger partial charge in [0, 0.05) is 13.1 Å². The first kappa shape index (κ1) is 20.8. The summed E-state index contributed by atoms with van der Waals surface area (Å²) in [5, 5.41) is 0. The first-order chi connectivity index (χ1) is 14.5. The molecule has 1 saturated heterocycles. The summed E-state index contributed by atoms with van der Waals surface area (Å²) in [4.78, 5) is 42.9. The number of nitrogens with zero attached hydrogens (tertiary/aromatic N) is 2. The number of amides is 3. The van der Waals surface area contributed by atoms with E-state index in [1.807, 2.05) is 26.0 Å². The Morgan fingerprint density at radius 2 is 1.70 bits per heavy atom. The molecular weight excluding hydrogens is 383 g/mol. The van der Waals surface area contributed by atoms with E-state index in [2.05, 4.69) is 0 Å². The lowest BCUT2D eigenvalue weighted by atomic mass is 9.85. The molecule has 5 unspecified atom stereocenters. The molecule has 160 valence electrons. The van der Waals surface area contributed by atoms with Gasteiger partial charge in [-0.25, -0.2) is 4.39 Å². The highest BCUT2D eigenvalue weighted by atomic mass is 19.1. The van der Waals surface area contributed by atoms with Crippen molar-refractivity contribution in [3.8, 4) is 0 Å². The summed E-state index contributed by atoms with van der Waals surface area (Å²) in [5.74, 6) is -1.43. The zero-order valence-corrected chi connectivity index (χ0v) is 17.6. The second kappa shape index (κ2) is 8.32. The van der Waals surface area contributed by atoms with E-state index in [4.69, 9.17) is 0 Å². The van der Waals surface area contributed by atoms with Crippen molar-refractivity contribution in [3.63, 3.8) is 0 Å². The van der Waals surface area contributed by atoms with Crippen LogP contribution in [0.4, 0.5) is 4.39 Å². The molecule has 5 nitrogen and oxygen atoms in total. The highest BCUT2D eigenvalue weighted by Crippen LogP contribution is 2.54. The number of fused-ring (bicyclic) bond motifs is 5. The molecule has 6 heteroatoms. The molecule has 30 heavy (non-hydrogen) atoms. The third-order valence-electron chi connectivity index (χ3n) is 6.76. The van der Waals surface area contributed by atoms with Crippen LogP contribution in [0.3, 0.4) is 0 Å². The monoisotopic (exact) mass is 412 g/mol. The van der Waals surface area contributed by atoms with E-state index < -0.39 is 11.9 Å². The van der Waals surface area contributed by atoms with Crippen LogP contribution in [-0.4, -0.2) is 40.6 Å². The second-order valence-corrected chi connectivity index (χ2v) is 8.70. The normalized spacial score (nSPS) is 27.6. The number of imide groups is 1. The lowest BCUT2D eigenvalue weighted by molar-refractivity contribution is -0.145. The molecule has 5 atom stereocenters. The van der Waals surface area contributed by atoms with Gasteiger partial charge in [0.15, 0.2) is 0 Å². The maximum absolute atomic E-state index is 14.0. The van der Waals surface area contributed by atoms with Crippen LogP contribution in [0.25, 0.3) is 0 Å². The van der Waals surface area contributed by atoms with Crippen LogP contribution in [0.5, 0.6) is 0 Å². The van der Waals surface area contributed by atoms with E-state index in [0.29, 0.717) is 18.7 Å². The molecule has 0 aromatic heterocycles. The van der Waals surface area contributed by atoms with Crippen LogP contribution in [0, 0.1) is 29.5 Å². The van der Waals surface area contributed by atoms with E-state index in [1.54, 1.807) is 17.0 Å². The summed E-state index contributed by atoms with van der Waals surface area (Å²) < 4.78 is 14.0. The van der Waals surface area contributed by atoms with E-state index in [-0.39, 0.29) is 47.8 Å². The summed E-state index contributed by atoms with van der Waals surface area (Å²) >= 11 is 0. The average Bonchev–Trinajstić information content (AvgIpc) is 3.40. The lowest BCUT2D eigenvalue weighted by Crippen LogP contribution is -2.41. The SMILES string of the molecule is CCCN(CCC)C(=O)CC(c1cccc(F)c1)N1C(=O)C2C3C=CC(C3)C2C1=O. The van der Waals surface area contributed by atoms with Gasteiger partial charge in [0.25, 0.3) is 0 Å². The van der Waals surface area contributed by atoms with Gasteiger partial charge >= 0.3 is 0 Å². The summed E-state index contributed by atoms with van der Waals surface area (Å²) in [5.41, 5.74) is 0.498. The van der Waals surface area contributed by atoms with Gasteiger partial charge in [-0.2, -0.15) is 0 Å². The zero-order valence-electron chi connectivity index (χ0n) is 17.6. The largest absolute Gasteiger partial charge is 0.343 e. The predicted octanol–water partition coefficient (Wildman–Crippen LogP) is 3.71. The highest BCUT2D eigenvalue weighted by Gasteiger charge is 2.60. The topological polar surface area (TPSA) is 57.7 Å². The number of rotatable bonds is 8. The molecule has 2 bridgehead atoms. The maximum Gasteiger partial charge on any atom is 0.234 e. The van der Waals surface area contributed by atoms with Crippen LogP contribution in [0.1, 0.15) is 51.1 Å². The van der Waals surface area contributed by atoms with Gasteiger partial charge in [-0.1, -0.05) is 38.1 Å². The first-order valence-electron chi connectivity index (χ1n) is 11.0. The van der Waals surface area contributed by atoms with Crippen LogP contribution < -0.4 is 0 Å². The number of benzene rings is 1. The van der Waals surface area contributed by atoms with Crippen LogP contribution >= 0.6 is 0 Å². The first-order valence-corrected chi connectivity index (χ1v) is 11.0. The molecule has 1 aromatic carbocycles. The van der Waals surface area contributed by atoms with Gasteiger partial charge in [0.2, 0.25) is 17.7 Å². The van der Waals surface area contributed by atoms with Crippen molar-refractivity contribution in [2.24, 2.45) is 23.7 Å². The van der Waals surface area contributed by atoms with Crippen molar-refractivity contribution >= 4 is 17.7 Å². The van der Waals surface area contributed by atoms with Crippen molar-refractivity contribution in [2.75, 3.05) is 13.1 Å². The Bertz CT molecular complexity index is 847. The quantitative estimate of drug-likeness (QED) is 0.483. The summed E-state index contributed by atoms with van der Waals surface area (Å²) in [6, 6.07) is 5.16. The zero-order chi connectivity index (χ0) is 21.4. The highest BCUT2D eigenvalue weighted by molar-refractivity contribution is 6.07. The molecule has 4 rings (SSSR count). The van der Waals surface area contributed by atoms with Crippen LogP contribution in [0.15, 0.2) is 36.4 Å². The molecule has 0 N–H and O–H groups in total. The fraction of sp³-hybridized carbons (Fsp3) is 0.542. The number of hydrogen-bond donors (Lipinski definition) is 0. The standard InChI is InChI=1S/C24H29FN2O3/c1-3-10-26(11-4-2)20(28)14-19(15-6-5-7-18(25)13-15)27-23(29)21-16-8-9-17(12-16)22(21)24(27)30/h5-9,13,16-17,19,21-22H,3-4,10-12,14H2,1-2H3. The molecule has 0 spiro atoms. The van der Waals surface area contributed by atoms with E-state index in [9.17, 15) is 18.8 Å². The Balaban J connectivity index is 1.65. The van der Waals surface area contributed by atoms with Crippen molar-refractivity contribution in [2.45, 2.75) is 45.6 Å². The Morgan fingerprint density at radius 1 is 1.10 bits per heavy atom. The van der Waals surface area contributed by atoms with Crippen LogP contribution in [-0.2, 0) is 14.4 Å². The van der Waals surface area contributed by atoms with Gasteiger partial charge in [-0.15, -0.1) is 0 Å². The van der Waals surface area contributed by atoms with Crippen molar-refractivity contribution in [1.29, 1.82) is 0 Å². The molecule has 2 aliphatic carbocycles. The Morgan fingerprint density at radius 3 is 2.23 bits per heavy atom. The number of likely N-dealkylation sites (tertiary alicyclic amines) is 1. The molecular formula is C24H29FN2O3. The third-order valence-corrected chi connectivity index (χ3v) is 6.76. The molecule has 1 aliphatic heterocycles. The minimum atomic E-state index is -0.769. The van der Waals surface area contributed by atoms with E-state index >= 15 is 0 Å². The minimum Gasteiger partial charge on any atom is -0.343 e. The maximum atomic E-state index is 14.0.